The first-order chi connectivity index (χ1) is 14.7. The largest absolute Gasteiger partial charge is 0.376 e. The summed E-state index contributed by atoms with van der Waals surface area (Å²) in [6.45, 7) is 1.24. The molecule has 30 heavy (non-hydrogen) atoms. The van der Waals surface area contributed by atoms with Gasteiger partial charge in [0.15, 0.2) is 11.5 Å². The van der Waals surface area contributed by atoms with Crippen molar-refractivity contribution in [1.29, 1.82) is 0 Å². The third-order valence-corrected chi connectivity index (χ3v) is 7.49. The Morgan fingerprint density at radius 2 is 2.17 bits per heavy atom. The molecule has 1 aliphatic heterocycles. The van der Waals surface area contributed by atoms with Gasteiger partial charge >= 0.3 is 0 Å². The summed E-state index contributed by atoms with van der Waals surface area (Å²) in [5.41, 5.74) is 1.83. The van der Waals surface area contributed by atoms with Crippen molar-refractivity contribution in [3.63, 3.8) is 0 Å². The topological polar surface area (TPSA) is 93.5 Å². The summed E-state index contributed by atoms with van der Waals surface area (Å²) in [5, 5.41) is 12.3. The summed E-state index contributed by atoms with van der Waals surface area (Å²) in [7, 11) is 0. The fraction of sp³-hybridized carbons (Fsp3) is 0.381. The van der Waals surface area contributed by atoms with Gasteiger partial charge in [-0.25, -0.2) is 0 Å². The number of thiophene rings is 2. The van der Waals surface area contributed by atoms with E-state index in [1.165, 1.54) is 27.6 Å². The SMILES string of the molecule is O=C(Nc1sc2c(c1C(=O)NCC1CCCO1)CCC2)c1cc(-c2cccs2)on1. The fourth-order valence-electron chi connectivity index (χ4n) is 3.92. The number of hydrogen-bond acceptors (Lipinski definition) is 7. The van der Waals surface area contributed by atoms with E-state index in [9.17, 15) is 9.59 Å². The Kier molecular flexibility index (Phi) is 5.41. The molecule has 0 aromatic carbocycles. The highest BCUT2D eigenvalue weighted by Gasteiger charge is 2.29. The van der Waals surface area contributed by atoms with Crippen LogP contribution in [0.5, 0.6) is 0 Å². The van der Waals surface area contributed by atoms with E-state index < -0.39 is 0 Å². The summed E-state index contributed by atoms with van der Waals surface area (Å²) < 4.78 is 10.9. The molecule has 0 bridgehead atoms. The minimum Gasteiger partial charge on any atom is -0.376 e. The smallest absolute Gasteiger partial charge is 0.278 e. The molecular formula is C21H21N3O4S2. The molecule has 2 N–H and O–H groups in total. The zero-order valence-corrected chi connectivity index (χ0v) is 17.9. The maximum absolute atomic E-state index is 13.0. The van der Waals surface area contributed by atoms with Crippen LogP contribution >= 0.6 is 22.7 Å². The van der Waals surface area contributed by atoms with E-state index in [1.54, 1.807) is 6.07 Å². The van der Waals surface area contributed by atoms with Crippen LogP contribution in [0.1, 0.15) is 50.5 Å². The van der Waals surface area contributed by atoms with Gasteiger partial charge in [0.2, 0.25) is 0 Å². The van der Waals surface area contributed by atoms with E-state index in [-0.39, 0.29) is 23.6 Å². The number of ether oxygens (including phenoxy) is 1. The van der Waals surface area contributed by atoms with E-state index in [0.717, 1.165) is 49.2 Å². The molecule has 1 saturated heterocycles. The molecule has 1 fully saturated rings. The van der Waals surface area contributed by atoms with Crippen LogP contribution < -0.4 is 10.6 Å². The third kappa shape index (κ3) is 3.80. The fourth-order valence-corrected chi connectivity index (χ4v) is 5.87. The number of nitrogens with zero attached hydrogens (tertiary/aromatic N) is 1. The lowest BCUT2D eigenvalue weighted by molar-refractivity contribution is 0.0858. The van der Waals surface area contributed by atoms with Gasteiger partial charge in [-0.15, -0.1) is 22.7 Å². The maximum atomic E-state index is 13.0. The summed E-state index contributed by atoms with van der Waals surface area (Å²) in [6, 6.07) is 5.45. The van der Waals surface area contributed by atoms with Crippen molar-refractivity contribution in [3.8, 4) is 10.6 Å². The average molecular weight is 444 g/mol. The number of carbonyl (C=O) groups is 2. The van der Waals surface area contributed by atoms with Crippen LogP contribution in [0.3, 0.4) is 0 Å². The third-order valence-electron chi connectivity index (χ3n) is 5.40. The van der Waals surface area contributed by atoms with Crippen molar-refractivity contribution in [2.45, 2.75) is 38.2 Å². The Hall–Kier alpha value is -2.49. The van der Waals surface area contributed by atoms with Crippen LogP contribution in [0, 0.1) is 0 Å². The summed E-state index contributed by atoms with van der Waals surface area (Å²) in [5.74, 6) is 0.0210. The van der Waals surface area contributed by atoms with Gasteiger partial charge in [0.05, 0.1) is 16.5 Å². The number of aromatic nitrogens is 1. The second kappa shape index (κ2) is 8.33. The second-order valence-corrected chi connectivity index (χ2v) is 9.47. The molecule has 2 aliphatic rings. The maximum Gasteiger partial charge on any atom is 0.278 e. The zero-order valence-electron chi connectivity index (χ0n) is 16.2. The summed E-state index contributed by atoms with van der Waals surface area (Å²) >= 11 is 3.00. The average Bonchev–Trinajstić information content (AvgIpc) is 3.54. The van der Waals surface area contributed by atoms with Gasteiger partial charge in [-0.2, -0.15) is 0 Å². The molecule has 9 heteroatoms. The van der Waals surface area contributed by atoms with E-state index >= 15 is 0 Å². The molecular weight excluding hydrogens is 422 g/mol. The van der Waals surface area contributed by atoms with Crippen LogP contribution in [0.2, 0.25) is 0 Å². The lowest BCUT2D eigenvalue weighted by atomic mass is 10.1. The van der Waals surface area contributed by atoms with E-state index in [1.807, 2.05) is 17.5 Å². The van der Waals surface area contributed by atoms with Gasteiger partial charge in [0.25, 0.3) is 11.8 Å². The normalized spacial score (nSPS) is 17.8. The van der Waals surface area contributed by atoms with Crippen molar-refractivity contribution in [3.05, 3.63) is 45.3 Å². The van der Waals surface area contributed by atoms with Gasteiger partial charge in [0.1, 0.15) is 5.00 Å². The molecule has 1 atom stereocenters. The number of hydrogen-bond donors (Lipinski definition) is 2. The molecule has 2 amide bonds. The highest BCUT2D eigenvalue weighted by atomic mass is 32.1. The molecule has 0 spiro atoms. The molecule has 0 radical (unpaired) electrons. The first-order valence-electron chi connectivity index (χ1n) is 10.1. The van der Waals surface area contributed by atoms with Crippen LogP contribution in [0.4, 0.5) is 5.00 Å². The van der Waals surface area contributed by atoms with Gasteiger partial charge in [-0.05, 0) is 49.1 Å². The molecule has 3 aromatic rings. The van der Waals surface area contributed by atoms with Gasteiger partial charge < -0.3 is 19.9 Å². The van der Waals surface area contributed by atoms with E-state index in [2.05, 4.69) is 15.8 Å². The zero-order chi connectivity index (χ0) is 20.5. The second-order valence-electron chi connectivity index (χ2n) is 7.41. The molecule has 4 heterocycles. The van der Waals surface area contributed by atoms with Crippen molar-refractivity contribution in [2.24, 2.45) is 0 Å². The first kappa shape index (κ1) is 19.5. The minimum absolute atomic E-state index is 0.0736. The van der Waals surface area contributed by atoms with Gasteiger partial charge in [-0.1, -0.05) is 11.2 Å². The molecule has 156 valence electrons. The first-order valence-corrected chi connectivity index (χ1v) is 11.7. The molecule has 7 nitrogen and oxygen atoms in total. The summed E-state index contributed by atoms with van der Waals surface area (Å²) in [6.07, 6.45) is 4.90. The van der Waals surface area contributed by atoms with Gasteiger partial charge in [-0.3, -0.25) is 9.59 Å². The predicted octanol–water partition coefficient (Wildman–Crippen LogP) is 4.11. The van der Waals surface area contributed by atoms with Crippen molar-refractivity contribution >= 4 is 39.5 Å². The number of rotatable bonds is 6. The number of anilines is 1. The number of amides is 2. The molecule has 3 aromatic heterocycles. The van der Waals surface area contributed by atoms with Crippen molar-refractivity contribution in [2.75, 3.05) is 18.5 Å². The number of carbonyl (C=O) groups excluding carboxylic acids is 2. The minimum atomic E-state index is -0.380. The van der Waals surface area contributed by atoms with E-state index in [4.69, 9.17) is 9.26 Å². The number of fused-ring (bicyclic) bond motifs is 1. The Morgan fingerprint density at radius 3 is 2.97 bits per heavy atom. The summed E-state index contributed by atoms with van der Waals surface area (Å²) in [4.78, 5) is 27.8. The Labute approximate surface area is 181 Å². The Morgan fingerprint density at radius 1 is 1.23 bits per heavy atom. The Balaban J connectivity index is 1.34. The molecule has 1 unspecified atom stereocenters. The quantitative estimate of drug-likeness (QED) is 0.598. The van der Waals surface area contributed by atoms with Crippen LogP contribution in [0.15, 0.2) is 28.1 Å². The molecule has 1 aliphatic carbocycles. The van der Waals surface area contributed by atoms with Crippen LogP contribution in [-0.2, 0) is 17.6 Å². The van der Waals surface area contributed by atoms with Crippen molar-refractivity contribution in [1.82, 2.24) is 10.5 Å². The monoisotopic (exact) mass is 443 g/mol. The van der Waals surface area contributed by atoms with Crippen LogP contribution in [-0.4, -0.2) is 36.2 Å². The number of aryl methyl sites for hydroxylation is 1. The standard InChI is InChI=1S/C21H21N3O4S2/c25-19(14-10-15(28-24-14)17-7-3-9-29-17)23-21-18(13-5-1-6-16(13)30-21)20(26)22-11-12-4-2-8-27-12/h3,7,9-10,12H,1-2,4-6,8,11H2,(H,22,26)(H,23,25). The molecule has 0 saturated carbocycles. The Bertz CT molecular complexity index is 1060. The highest BCUT2D eigenvalue weighted by Crippen LogP contribution is 2.39. The van der Waals surface area contributed by atoms with E-state index in [0.29, 0.717) is 22.9 Å². The predicted molar refractivity (Wildman–Crippen MR) is 115 cm³/mol. The number of nitrogens with one attached hydrogen (secondary N) is 2. The van der Waals surface area contributed by atoms with Crippen LogP contribution in [0.25, 0.3) is 10.6 Å². The highest BCUT2D eigenvalue weighted by molar-refractivity contribution is 7.17. The lowest BCUT2D eigenvalue weighted by Gasteiger charge is -2.12. The molecule has 5 rings (SSSR count). The lowest BCUT2D eigenvalue weighted by Crippen LogP contribution is -2.32. The van der Waals surface area contributed by atoms with Crippen molar-refractivity contribution < 1.29 is 18.8 Å². The van der Waals surface area contributed by atoms with Gasteiger partial charge in [0, 0.05) is 24.1 Å².